The molecule has 0 saturated carbocycles. The van der Waals surface area contributed by atoms with Crippen LogP contribution in [0.2, 0.25) is 0 Å². The zero-order chi connectivity index (χ0) is 13.6. The highest BCUT2D eigenvalue weighted by molar-refractivity contribution is 7.98. The number of aliphatic hydroxyl groups excluding tert-OH is 1. The van der Waals surface area contributed by atoms with Gasteiger partial charge in [0.1, 0.15) is 0 Å². The van der Waals surface area contributed by atoms with E-state index in [0.717, 1.165) is 6.54 Å². The van der Waals surface area contributed by atoms with Gasteiger partial charge in [-0.2, -0.15) is 0 Å². The lowest BCUT2D eigenvalue weighted by atomic mass is 9.84. The van der Waals surface area contributed by atoms with Crippen molar-refractivity contribution < 1.29 is 5.11 Å². The van der Waals surface area contributed by atoms with E-state index < -0.39 is 0 Å². The van der Waals surface area contributed by atoms with Gasteiger partial charge >= 0.3 is 0 Å². The van der Waals surface area contributed by atoms with Crippen LogP contribution in [-0.4, -0.2) is 37.1 Å². The van der Waals surface area contributed by atoms with E-state index in [1.165, 1.54) is 10.5 Å². The molecule has 0 bridgehead atoms. The molecule has 4 heteroatoms. The van der Waals surface area contributed by atoms with E-state index in [9.17, 15) is 0 Å². The Morgan fingerprint density at radius 3 is 2.44 bits per heavy atom. The summed E-state index contributed by atoms with van der Waals surface area (Å²) in [6.45, 7) is 5.93. The van der Waals surface area contributed by atoms with Crippen molar-refractivity contribution in [2.24, 2.45) is 5.73 Å². The molecule has 1 aromatic rings. The van der Waals surface area contributed by atoms with Gasteiger partial charge < -0.3 is 16.2 Å². The van der Waals surface area contributed by atoms with Crippen LogP contribution < -0.4 is 11.1 Å². The number of nitrogens with two attached hydrogens (primary N) is 1. The zero-order valence-corrected chi connectivity index (χ0v) is 12.3. The normalized spacial score (nSPS) is 13.6. The van der Waals surface area contributed by atoms with Crippen LogP contribution in [0.25, 0.3) is 0 Å². The predicted molar refractivity (Wildman–Crippen MR) is 79.2 cm³/mol. The van der Waals surface area contributed by atoms with Crippen molar-refractivity contribution in [2.75, 3.05) is 26.0 Å². The van der Waals surface area contributed by atoms with Crippen LogP contribution in [0.4, 0.5) is 0 Å². The third-order valence-electron chi connectivity index (χ3n) is 3.08. The van der Waals surface area contributed by atoms with Crippen molar-refractivity contribution in [3.8, 4) is 0 Å². The fraction of sp³-hybridized carbons (Fsp3) is 0.571. The van der Waals surface area contributed by atoms with Crippen LogP contribution in [0.5, 0.6) is 0 Å². The first-order valence-corrected chi connectivity index (χ1v) is 7.44. The molecule has 0 aliphatic carbocycles. The molecule has 0 heterocycles. The van der Waals surface area contributed by atoms with Crippen LogP contribution in [0.3, 0.4) is 0 Å². The first kappa shape index (κ1) is 15.5. The third-order valence-corrected chi connectivity index (χ3v) is 3.82. The molecular formula is C14H24N2OS. The molecule has 18 heavy (non-hydrogen) atoms. The molecule has 0 fully saturated rings. The van der Waals surface area contributed by atoms with E-state index in [1.54, 1.807) is 11.8 Å². The molecule has 1 aromatic carbocycles. The molecule has 0 aromatic heterocycles. The Labute approximate surface area is 114 Å². The summed E-state index contributed by atoms with van der Waals surface area (Å²) >= 11 is 1.75. The van der Waals surface area contributed by atoms with Gasteiger partial charge in [0, 0.05) is 29.4 Å². The molecular weight excluding hydrogens is 244 g/mol. The van der Waals surface area contributed by atoms with Crippen LogP contribution in [0.15, 0.2) is 29.2 Å². The first-order valence-electron chi connectivity index (χ1n) is 6.21. The second-order valence-electron chi connectivity index (χ2n) is 5.19. The number of aliphatic hydroxyl groups is 1. The zero-order valence-electron chi connectivity index (χ0n) is 11.4. The second kappa shape index (κ2) is 7.14. The van der Waals surface area contributed by atoms with Crippen LogP contribution >= 0.6 is 11.8 Å². The average Bonchev–Trinajstić information content (AvgIpc) is 2.38. The van der Waals surface area contributed by atoms with Gasteiger partial charge in [-0.15, -0.1) is 11.8 Å². The number of rotatable bonds is 7. The number of thioether (sulfide) groups is 1. The minimum absolute atomic E-state index is 0.0237. The minimum atomic E-state index is -0.181. The lowest BCUT2D eigenvalue weighted by molar-refractivity contribution is 0.260. The molecule has 0 amide bonds. The Morgan fingerprint density at radius 2 is 1.94 bits per heavy atom. The highest BCUT2D eigenvalue weighted by Gasteiger charge is 2.20. The Kier molecular flexibility index (Phi) is 6.15. The number of hydrogen-bond acceptors (Lipinski definition) is 4. The van der Waals surface area contributed by atoms with Crippen molar-refractivity contribution >= 4 is 11.8 Å². The number of hydrogen-bond donors (Lipinski definition) is 3. The van der Waals surface area contributed by atoms with Gasteiger partial charge in [-0.25, -0.2) is 0 Å². The molecule has 1 atom stereocenters. The molecule has 0 aliphatic rings. The van der Waals surface area contributed by atoms with Gasteiger partial charge in [0.25, 0.3) is 0 Å². The van der Waals surface area contributed by atoms with Crippen LogP contribution in [0.1, 0.15) is 19.4 Å². The Balaban J connectivity index is 2.56. The van der Waals surface area contributed by atoms with Gasteiger partial charge in [-0.05, 0) is 24.0 Å². The fourth-order valence-corrected chi connectivity index (χ4v) is 2.19. The summed E-state index contributed by atoms with van der Waals surface area (Å²) in [4.78, 5) is 1.28. The van der Waals surface area contributed by atoms with E-state index in [-0.39, 0.29) is 18.1 Å². The first-order chi connectivity index (χ1) is 8.49. The van der Waals surface area contributed by atoms with Crippen LogP contribution in [-0.2, 0) is 5.41 Å². The van der Waals surface area contributed by atoms with Crippen molar-refractivity contribution in [3.63, 3.8) is 0 Å². The molecule has 0 aliphatic heterocycles. The van der Waals surface area contributed by atoms with Gasteiger partial charge in [0.05, 0.1) is 6.61 Å². The summed E-state index contributed by atoms with van der Waals surface area (Å²) in [7, 11) is 0. The monoisotopic (exact) mass is 268 g/mol. The molecule has 1 unspecified atom stereocenters. The van der Waals surface area contributed by atoms with E-state index in [0.29, 0.717) is 6.54 Å². The van der Waals surface area contributed by atoms with E-state index in [1.807, 2.05) is 0 Å². The highest BCUT2D eigenvalue weighted by atomic mass is 32.2. The van der Waals surface area contributed by atoms with Crippen molar-refractivity contribution in [3.05, 3.63) is 29.8 Å². The van der Waals surface area contributed by atoms with Gasteiger partial charge in [-0.1, -0.05) is 26.0 Å². The Bertz CT molecular complexity index is 351. The van der Waals surface area contributed by atoms with E-state index in [4.69, 9.17) is 10.8 Å². The number of benzene rings is 1. The Hall–Kier alpha value is -0.550. The van der Waals surface area contributed by atoms with Crippen molar-refractivity contribution in [1.82, 2.24) is 5.32 Å². The largest absolute Gasteiger partial charge is 0.395 e. The maximum absolute atomic E-state index is 8.87. The Morgan fingerprint density at radius 1 is 1.33 bits per heavy atom. The molecule has 1 rings (SSSR count). The lowest BCUT2D eigenvalue weighted by Gasteiger charge is -2.26. The number of nitrogens with one attached hydrogen (secondary N) is 1. The smallest absolute Gasteiger partial charge is 0.0594 e. The fourth-order valence-electron chi connectivity index (χ4n) is 1.78. The van der Waals surface area contributed by atoms with Crippen molar-refractivity contribution in [2.45, 2.75) is 30.2 Å². The molecule has 0 radical (unpaired) electrons. The topological polar surface area (TPSA) is 58.3 Å². The summed E-state index contributed by atoms with van der Waals surface area (Å²) < 4.78 is 0. The van der Waals surface area contributed by atoms with E-state index in [2.05, 4.69) is 49.7 Å². The van der Waals surface area contributed by atoms with Gasteiger partial charge in [-0.3, -0.25) is 0 Å². The highest BCUT2D eigenvalue weighted by Crippen LogP contribution is 2.24. The summed E-state index contributed by atoms with van der Waals surface area (Å²) in [6.07, 6.45) is 2.08. The van der Waals surface area contributed by atoms with Gasteiger partial charge in [0.2, 0.25) is 0 Å². The average molecular weight is 268 g/mol. The molecule has 3 nitrogen and oxygen atoms in total. The minimum Gasteiger partial charge on any atom is -0.395 e. The maximum Gasteiger partial charge on any atom is 0.0594 e. The van der Waals surface area contributed by atoms with Crippen LogP contribution in [0, 0.1) is 0 Å². The predicted octanol–water partition coefficient (Wildman–Crippen LogP) is 1.60. The third kappa shape index (κ3) is 4.61. The lowest BCUT2D eigenvalue weighted by Crippen LogP contribution is -2.41. The molecule has 0 saturated heterocycles. The van der Waals surface area contributed by atoms with Gasteiger partial charge in [0.15, 0.2) is 0 Å². The standard InChI is InChI=1S/C14H24N2OS/c1-14(2,10-16-8-12(15)9-17)11-4-6-13(18-3)7-5-11/h4-7,12,16-17H,8-10,15H2,1-3H3. The summed E-state index contributed by atoms with van der Waals surface area (Å²) in [5.74, 6) is 0. The summed E-state index contributed by atoms with van der Waals surface area (Å²) in [6, 6.07) is 8.49. The maximum atomic E-state index is 8.87. The van der Waals surface area contributed by atoms with Crippen molar-refractivity contribution in [1.29, 1.82) is 0 Å². The quantitative estimate of drug-likeness (QED) is 0.657. The SMILES string of the molecule is CSc1ccc(C(C)(C)CNCC(N)CO)cc1. The molecule has 102 valence electrons. The summed E-state index contributed by atoms with van der Waals surface area (Å²) in [5, 5.41) is 12.2. The molecule has 4 N–H and O–H groups in total. The summed E-state index contributed by atoms with van der Waals surface area (Å²) in [5.41, 5.74) is 7.04. The molecule has 0 spiro atoms. The van der Waals surface area contributed by atoms with E-state index >= 15 is 0 Å². The second-order valence-corrected chi connectivity index (χ2v) is 6.07.